The first-order valence-corrected chi connectivity index (χ1v) is 7.02. The highest BCUT2D eigenvalue weighted by molar-refractivity contribution is 5.68. The second-order valence-electron chi connectivity index (χ2n) is 6.46. The minimum atomic E-state index is -0.448. The van der Waals surface area contributed by atoms with Gasteiger partial charge in [-0.15, -0.1) is 0 Å². The molecule has 0 bridgehead atoms. The Hall–Kier alpha value is -1.72. The lowest BCUT2D eigenvalue weighted by Gasteiger charge is -2.37. The maximum absolute atomic E-state index is 11.6. The van der Waals surface area contributed by atoms with Crippen LogP contribution in [-0.4, -0.2) is 34.0 Å². The number of carbonyl (C=O) groups is 1. The Morgan fingerprint density at radius 1 is 1.30 bits per heavy atom. The first-order valence-electron chi connectivity index (χ1n) is 7.02. The smallest absolute Gasteiger partial charge is 0.407 e. The number of alkyl carbamates (subject to hydrolysis) is 1. The maximum Gasteiger partial charge on any atom is 0.407 e. The van der Waals surface area contributed by atoms with E-state index < -0.39 is 5.60 Å². The van der Waals surface area contributed by atoms with Crippen molar-refractivity contribution in [1.29, 1.82) is 0 Å². The third-order valence-electron chi connectivity index (χ3n) is 3.34. The van der Waals surface area contributed by atoms with Crippen LogP contribution >= 0.6 is 0 Å². The zero-order valence-corrected chi connectivity index (χ0v) is 12.8. The Kier molecular flexibility index (Phi) is 3.92. The van der Waals surface area contributed by atoms with Crippen molar-refractivity contribution in [3.63, 3.8) is 0 Å². The van der Waals surface area contributed by atoms with E-state index in [9.17, 15) is 4.79 Å². The second-order valence-corrected chi connectivity index (χ2v) is 6.46. The molecule has 1 amide bonds. The van der Waals surface area contributed by atoms with E-state index in [0.29, 0.717) is 6.04 Å². The number of rotatable bonds is 3. The molecule has 0 atom stereocenters. The van der Waals surface area contributed by atoms with Gasteiger partial charge in [0.1, 0.15) is 5.60 Å². The van der Waals surface area contributed by atoms with Crippen molar-refractivity contribution in [3.05, 3.63) is 11.4 Å². The van der Waals surface area contributed by atoms with Crippen LogP contribution in [-0.2, 0) is 4.74 Å². The molecule has 0 saturated heterocycles. The lowest BCUT2D eigenvalue weighted by molar-refractivity contribution is 0.0475. The van der Waals surface area contributed by atoms with Gasteiger partial charge < -0.3 is 15.4 Å². The van der Waals surface area contributed by atoms with Gasteiger partial charge in [0.2, 0.25) is 0 Å². The molecule has 1 aliphatic carbocycles. The number of hydrogen-bond acceptors (Lipinski definition) is 4. The van der Waals surface area contributed by atoms with Gasteiger partial charge in [-0.1, -0.05) is 0 Å². The molecule has 1 aliphatic rings. The summed E-state index contributed by atoms with van der Waals surface area (Å²) in [5.41, 5.74) is 2.65. The molecule has 0 radical (unpaired) electrons. The van der Waals surface area contributed by atoms with Crippen LogP contribution < -0.4 is 10.6 Å². The van der Waals surface area contributed by atoms with Gasteiger partial charge in [-0.05, 0) is 47.5 Å². The predicted octanol–water partition coefficient (Wildman–Crippen LogP) is 2.49. The summed E-state index contributed by atoms with van der Waals surface area (Å²) in [6.45, 7) is 9.56. The summed E-state index contributed by atoms with van der Waals surface area (Å²) in [4.78, 5) is 11.6. The van der Waals surface area contributed by atoms with Gasteiger partial charge >= 0.3 is 6.09 Å². The molecule has 2 rings (SSSR count). The van der Waals surface area contributed by atoms with Crippen molar-refractivity contribution < 1.29 is 9.53 Å². The Balaban J connectivity index is 1.74. The van der Waals surface area contributed by atoms with Crippen LogP contribution in [0, 0.1) is 13.8 Å². The number of nitrogens with zero attached hydrogens (tertiary/aromatic N) is 1. The van der Waals surface area contributed by atoms with Gasteiger partial charge in [0.05, 0.1) is 17.1 Å². The van der Waals surface area contributed by atoms with Crippen LogP contribution in [0.15, 0.2) is 0 Å². The number of H-pyrrole nitrogens is 1. The third-order valence-corrected chi connectivity index (χ3v) is 3.34. The molecule has 6 nitrogen and oxygen atoms in total. The average Bonchev–Trinajstić information content (AvgIpc) is 2.54. The fraction of sp³-hybridized carbons (Fsp3) is 0.714. The van der Waals surface area contributed by atoms with Gasteiger partial charge in [-0.2, -0.15) is 5.10 Å². The number of anilines is 1. The molecule has 0 spiro atoms. The summed E-state index contributed by atoms with van der Waals surface area (Å²) in [6, 6.07) is 0.569. The van der Waals surface area contributed by atoms with Gasteiger partial charge in [0.15, 0.2) is 0 Å². The number of aromatic amines is 1. The standard InChI is InChI=1S/C14H24N4O2/c1-8-12(9(2)18-17-8)15-10-6-11(7-10)16-13(19)20-14(3,4)5/h10-11,15H,6-7H2,1-5H3,(H,16,19)(H,17,18). The lowest BCUT2D eigenvalue weighted by atomic mass is 9.86. The van der Waals surface area contributed by atoms with Crippen LogP contribution in [0.4, 0.5) is 10.5 Å². The fourth-order valence-corrected chi connectivity index (χ4v) is 2.30. The van der Waals surface area contributed by atoms with Gasteiger partial charge in [-0.25, -0.2) is 4.79 Å². The summed E-state index contributed by atoms with van der Waals surface area (Å²) in [5, 5.41) is 13.5. The topological polar surface area (TPSA) is 79.0 Å². The largest absolute Gasteiger partial charge is 0.444 e. The molecular weight excluding hydrogens is 256 g/mol. The van der Waals surface area contributed by atoms with Gasteiger partial charge in [-0.3, -0.25) is 5.10 Å². The van der Waals surface area contributed by atoms with E-state index in [2.05, 4.69) is 20.8 Å². The van der Waals surface area contributed by atoms with Crippen molar-refractivity contribution in [2.75, 3.05) is 5.32 Å². The van der Waals surface area contributed by atoms with Crippen LogP contribution in [0.3, 0.4) is 0 Å². The van der Waals surface area contributed by atoms with Crippen LogP contribution in [0.2, 0.25) is 0 Å². The summed E-state index contributed by atoms with van der Waals surface area (Å²) in [7, 11) is 0. The number of nitrogens with one attached hydrogen (secondary N) is 3. The minimum Gasteiger partial charge on any atom is -0.444 e. The van der Waals surface area contributed by atoms with Crippen LogP contribution in [0.25, 0.3) is 0 Å². The molecule has 20 heavy (non-hydrogen) atoms. The van der Waals surface area contributed by atoms with Crippen molar-refractivity contribution in [3.8, 4) is 0 Å². The molecule has 1 fully saturated rings. The average molecular weight is 280 g/mol. The van der Waals surface area contributed by atoms with Crippen molar-refractivity contribution >= 4 is 11.8 Å². The number of ether oxygens (including phenoxy) is 1. The van der Waals surface area contributed by atoms with Gasteiger partial charge in [0.25, 0.3) is 0 Å². The number of hydrogen-bond donors (Lipinski definition) is 3. The molecule has 1 saturated carbocycles. The Labute approximate surface area is 119 Å². The van der Waals surface area contributed by atoms with Gasteiger partial charge in [0, 0.05) is 12.1 Å². The molecule has 1 aromatic heterocycles. The molecule has 0 aromatic carbocycles. The van der Waals surface area contributed by atoms with Crippen LogP contribution in [0.5, 0.6) is 0 Å². The SMILES string of the molecule is Cc1n[nH]c(C)c1NC1CC(NC(=O)OC(C)(C)C)C1. The molecule has 0 unspecified atom stereocenters. The zero-order valence-electron chi connectivity index (χ0n) is 12.8. The van der Waals surface area contributed by atoms with E-state index in [1.165, 1.54) is 0 Å². The Morgan fingerprint density at radius 2 is 1.95 bits per heavy atom. The minimum absolute atomic E-state index is 0.190. The maximum atomic E-state index is 11.6. The number of aromatic nitrogens is 2. The first-order chi connectivity index (χ1) is 9.24. The summed E-state index contributed by atoms with van der Waals surface area (Å²) >= 11 is 0. The molecule has 112 valence electrons. The van der Waals surface area contributed by atoms with Crippen molar-refractivity contribution in [1.82, 2.24) is 15.5 Å². The van der Waals surface area contributed by atoms with Crippen molar-refractivity contribution in [2.45, 2.75) is 65.1 Å². The summed E-state index contributed by atoms with van der Waals surface area (Å²) in [5.74, 6) is 0. The second kappa shape index (κ2) is 5.34. The van der Waals surface area contributed by atoms with Crippen molar-refractivity contribution in [2.24, 2.45) is 0 Å². The van der Waals surface area contributed by atoms with Crippen LogP contribution in [0.1, 0.15) is 45.0 Å². The summed E-state index contributed by atoms with van der Waals surface area (Å²) in [6.07, 6.45) is 1.48. The number of carbonyl (C=O) groups excluding carboxylic acids is 1. The van der Waals surface area contributed by atoms with E-state index in [0.717, 1.165) is 29.9 Å². The van der Waals surface area contributed by atoms with E-state index in [1.54, 1.807) is 0 Å². The highest BCUT2D eigenvalue weighted by Crippen LogP contribution is 2.27. The Morgan fingerprint density at radius 3 is 2.45 bits per heavy atom. The van der Waals surface area contributed by atoms with E-state index in [1.807, 2.05) is 34.6 Å². The normalized spacial score (nSPS) is 22.1. The lowest BCUT2D eigenvalue weighted by Crippen LogP contribution is -2.50. The molecular formula is C14H24N4O2. The quantitative estimate of drug-likeness (QED) is 0.795. The summed E-state index contributed by atoms with van der Waals surface area (Å²) < 4.78 is 5.24. The first kappa shape index (κ1) is 14.7. The highest BCUT2D eigenvalue weighted by atomic mass is 16.6. The number of aryl methyl sites for hydroxylation is 2. The number of amides is 1. The van der Waals surface area contributed by atoms with E-state index in [4.69, 9.17) is 4.74 Å². The molecule has 0 aliphatic heterocycles. The Bertz CT molecular complexity index is 464. The third kappa shape index (κ3) is 3.65. The predicted molar refractivity (Wildman–Crippen MR) is 77.9 cm³/mol. The fourth-order valence-electron chi connectivity index (χ4n) is 2.30. The zero-order chi connectivity index (χ0) is 14.9. The van der Waals surface area contributed by atoms with E-state index in [-0.39, 0.29) is 12.1 Å². The molecule has 1 aromatic rings. The highest BCUT2D eigenvalue weighted by Gasteiger charge is 2.32. The molecule has 1 heterocycles. The molecule has 3 N–H and O–H groups in total. The van der Waals surface area contributed by atoms with E-state index >= 15 is 0 Å². The molecule has 6 heteroatoms. The monoisotopic (exact) mass is 280 g/mol.